The number of nitrogens with two attached hydrogens (primary N) is 1. The van der Waals surface area contributed by atoms with Gasteiger partial charge in [-0.1, -0.05) is 23.5 Å². The number of amides is 1. The number of fused-ring (bicyclic) bond motifs is 1. The Morgan fingerprint density at radius 2 is 1.91 bits per heavy atom. The molecule has 1 fully saturated rings. The van der Waals surface area contributed by atoms with Crippen molar-refractivity contribution in [1.29, 1.82) is 0 Å². The second-order valence-electron chi connectivity index (χ2n) is 7.68. The minimum atomic E-state index is -0.270. The van der Waals surface area contributed by atoms with Crippen LogP contribution in [-0.2, 0) is 0 Å². The summed E-state index contributed by atoms with van der Waals surface area (Å²) in [6.07, 6.45) is 5.11. The molecule has 1 aliphatic heterocycles. The number of rotatable bonds is 4. The number of aromatic nitrogens is 4. The summed E-state index contributed by atoms with van der Waals surface area (Å²) in [7, 11) is 2.11. The number of anilines is 3. The second-order valence-corrected chi connectivity index (χ2v) is 8.74. The lowest BCUT2D eigenvalue weighted by Crippen LogP contribution is -2.44. The first-order valence-electron chi connectivity index (χ1n) is 10.2. The zero-order valence-electron chi connectivity index (χ0n) is 17.5. The number of hydrogen-bond acceptors (Lipinski definition) is 9. The van der Waals surface area contributed by atoms with Gasteiger partial charge in [0.05, 0.1) is 10.4 Å². The summed E-state index contributed by atoms with van der Waals surface area (Å²) in [4.78, 5) is 35.7. The van der Waals surface area contributed by atoms with Crippen LogP contribution < -0.4 is 16.0 Å². The number of carbonyl (C=O) groups is 1. The van der Waals surface area contributed by atoms with Crippen LogP contribution in [-0.4, -0.2) is 64.0 Å². The molecular formula is C22H22N8OS. The maximum Gasteiger partial charge on any atom is 0.258 e. The number of likely N-dealkylation sites (N-methyl/N-ethyl adjacent to an activating group) is 1. The molecule has 0 aliphatic carbocycles. The molecule has 0 unspecified atom stereocenters. The van der Waals surface area contributed by atoms with E-state index in [1.165, 1.54) is 11.3 Å². The van der Waals surface area contributed by atoms with Crippen molar-refractivity contribution < 1.29 is 4.79 Å². The molecule has 0 bridgehead atoms. The van der Waals surface area contributed by atoms with Crippen LogP contribution in [0.3, 0.4) is 0 Å². The molecule has 10 heteroatoms. The van der Waals surface area contributed by atoms with Gasteiger partial charge in [-0.3, -0.25) is 10.1 Å². The van der Waals surface area contributed by atoms with Crippen molar-refractivity contribution in [2.45, 2.75) is 0 Å². The Morgan fingerprint density at radius 3 is 2.69 bits per heavy atom. The number of carbonyl (C=O) groups excluding carboxylic acids is 1. The van der Waals surface area contributed by atoms with Gasteiger partial charge in [0, 0.05) is 55.7 Å². The van der Waals surface area contributed by atoms with Crippen molar-refractivity contribution in [1.82, 2.24) is 24.8 Å². The first-order valence-corrected chi connectivity index (χ1v) is 11.1. The molecule has 1 amide bonds. The summed E-state index contributed by atoms with van der Waals surface area (Å²) >= 11 is 1.42. The van der Waals surface area contributed by atoms with Crippen LogP contribution in [0, 0.1) is 0 Å². The molecule has 0 atom stereocenters. The third-order valence-corrected chi connectivity index (χ3v) is 6.33. The first-order chi connectivity index (χ1) is 15.5. The maximum absolute atomic E-state index is 12.9. The molecule has 0 spiro atoms. The average molecular weight is 447 g/mol. The molecule has 162 valence electrons. The van der Waals surface area contributed by atoms with Gasteiger partial charge in [-0.2, -0.15) is 0 Å². The van der Waals surface area contributed by atoms with Crippen LogP contribution in [0.5, 0.6) is 0 Å². The van der Waals surface area contributed by atoms with Gasteiger partial charge in [0.1, 0.15) is 5.82 Å². The third kappa shape index (κ3) is 4.23. The van der Waals surface area contributed by atoms with Crippen LogP contribution in [0.1, 0.15) is 10.4 Å². The molecule has 0 radical (unpaired) electrons. The molecule has 1 saturated heterocycles. The van der Waals surface area contributed by atoms with Crippen molar-refractivity contribution >= 4 is 45.0 Å². The molecule has 32 heavy (non-hydrogen) atoms. The Hall–Kier alpha value is -3.63. The van der Waals surface area contributed by atoms with Crippen LogP contribution >= 0.6 is 11.3 Å². The van der Waals surface area contributed by atoms with E-state index in [2.05, 4.69) is 42.1 Å². The topological polar surface area (TPSA) is 113 Å². The molecule has 5 rings (SSSR count). The van der Waals surface area contributed by atoms with Crippen LogP contribution in [0.15, 0.2) is 48.9 Å². The van der Waals surface area contributed by atoms with Gasteiger partial charge in [-0.15, -0.1) is 0 Å². The minimum Gasteiger partial charge on any atom is -0.375 e. The molecule has 1 aliphatic rings. The van der Waals surface area contributed by atoms with E-state index in [4.69, 9.17) is 5.73 Å². The first kappa shape index (κ1) is 20.3. The van der Waals surface area contributed by atoms with E-state index in [9.17, 15) is 4.79 Å². The lowest BCUT2D eigenvalue weighted by Gasteiger charge is -2.33. The number of benzene rings is 1. The smallest absolute Gasteiger partial charge is 0.258 e. The van der Waals surface area contributed by atoms with Crippen LogP contribution in [0.25, 0.3) is 21.3 Å². The molecular weight excluding hydrogens is 424 g/mol. The normalized spacial score (nSPS) is 14.6. The number of pyridine rings is 1. The number of nitrogen functional groups attached to an aromatic ring is 1. The summed E-state index contributed by atoms with van der Waals surface area (Å²) in [6, 6.07) is 9.37. The van der Waals surface area contributed by atoms with Gasteiger partial charge in [0.2, 0.25) is 5.95 Å². The fourth-order valence-electron chi connectivity index (χ4n) is 3.60. The van der Waals surface area contributed by atoms with E-state index < -0.39 is 0 Å². The zero-order chi connectivity index (χ0) is 22.1. The lowest BCUT2D eigenvalue weighted by atomic mass is 10.1. The van der Waals surface area contributed by atoms with Gasteiger partial charge in [-0.05, 0) is 30.8 Å². The Kier molecular flexibility index (Phi) is 5.38. The summed E-state index contributed by atoms with van der Waals surface area (Å²) in [5.41, 5.74) is 7.97. The van der Waals surface area contributed by atoms with Crippen molar-refractivity contribution in [3.63, 3.8) is 0 Å². The van der Waals surface area contributed by atoms with Gasteiger partial charge in [-0.25, -0.2) is 19.9 Å². The van der Waals surface area contributed by atoms with E-state index in [1.54, 1.807) is 24.7 Å². The highest BCUT2D eigenvalue weighted by Crippen LogP contribution is 2.29. The average Bonchev–Trinajstić information content (AvgIpc) is 3.25. The zero-order valence-corrected chi connectivity index (χ0v) is 18.3. The quantitative estimate of drug-likeness (QED) is 0.492. The highest BCUT2D eigenvalue weighted by atomic mass is 32.1. The summed E-state index contributed by atoms with van der Waals surface area (Å²) < 4.78 is 0. The SMILES string of the molecule is CN1CCN(c2cc(C(=O)Nc3ncc4ccc(-c5cnc(N)s5)cc4n3)ccn2)CC1. The van der Waals surface area contributed by atoms with E-state index in [0.717, 1.165) is 53.3 Å². The predicted octanol–water partition coefficient (Wildman–Crippen LogP) is 2.73. The van der Waals surface area contributed by atoms with Crippen LogP contribution in [0.2, 0.25) is 0 Å². The molecule has 4 aromatic rings. The predicted molar refractivity (Wildman–Crippen MR) is 127 cm³/mol. The molecule has 1 aromatic carbocycles. The Bertz CT molecular complexity index is 1280. The molecule has 9 nitrogen and oxygen atoms in total. The van der Waals surface area contributed by atoms with Crippen molar-refractivity contribution in [2.75, 3.05) is 49.2 Å². The highest BCUT2D eigenvalue weighted by Gasteiger charge is 2.17. The van der Waals surface area contributed by atoms with Gasteiger partial charge in [0.15, 0.2) is 5.13 Å². The van der Waals surface area contributed by atoms with E-state index >= 15 is 0 Å². The van der Waals surface area contributed by atoms with Crippen molar-refractivity contribution in [3.8, 4) is 10.4 Å². The molecule has 3 aromatic heterocycles. The molecule has 4 heterocycles. The Morgan fingerprint density at radius 1 is 1.06 bits per heavy atom. The highest BCUT2D eigenvalue weighted by molar-refractivity contribution is 7.18. The minimum absolute atomic E-state index is 0.251. The Labute approximate surface area is 189 Å². The molecule has 0 saturated carbocycles. The van der Waals surface area contributed by atoms with E-state index in [0.29, 0.717) is 10.7 Å². The molecule has 3 N–H and O–H groups in total. The second kappa shape index (κ2) is 8.48. The fraction of sp³-hybridized carbons (Fsp3) is 0.227. The van der Waals surface area contributed by atoms with Crippen molar-refractivity contribution in [2.24, 2.45) is 0 Å². The fourth-order valence-corrected chi connectivity index (χ4v) is 4.28. The number of piperazine rings is 1. The Balaban J connectivity index is 1.36. The standard InChI is InChI=1S/C22H22N8OS/c1-29-6-8-30(9-7-29)19-11-15(4-5-24-19)20(31)28-22-26-12-16-3-2-14(10-17(16)27-22)18-13-25-21(23)32-18/h2-5,10-13H,6-9H2,1H3,(H2,23,25)(H,26,27,28,31). The monoisotopic (exact) mass is 446 g/mol. The van der Waals surface area contributed by atoms with E-state index in [1.807, 2.05) is 24.3 Å². The van der Waals surface area contributed by atoms with Crippen molar-refractivity contribution in [3.05, 3.63) is 54.5 Å². The van der Waals surface area contributed by atoms with Gasteiger partial charge >= 0.3 is 0 Å². The maximum atomic E-state index is 12.9. The number of nitrogens with one attached hydrogen (secondary N) is 1. The number of hydrogen-bond donors (Lipinski definition) is 2. The number of thiazole rings is 1. The van der Waals surface area contributed by atoms with E-state index in [-0.39, 0.29) is 11.9 Å². The van der Waals surface area contributed by atoms with Gasteiger partial charge < -0.3 is 15.5 Å². The van der Waals surface area contributed by atoms with Crippen LogP contribution in [0.4, 0.5) is 16.9 Å². The summed E-state index contributed by atoms with van der Waals surface area (Å²) in [5, 5.41) is 4.20. The lowest BCUT2D eigenvalue weighted by molar-refractivity contribution is 0.102. The largest absolute Gasteiger partial charge is 0.375 e. The summed E-state index contributed by atoms with van der Waals surface area (Å²) in [6.45, 7) is 3.71. The summed E-state index contributed by atoms with van der Waals surface area (Å²) in [5.74, 6) is 0.786. The van der Waals surface area contributed by atoms with Gasteiger partial charge in [0.25, 0.3) is 5.91 Å². The third-order valence-electron chi connectivity index (χ3n) is 5.45. The number of nitrogens with zero attached hydrogens (tertiary/aromatic N) is 6.